The summed E-state index contributed by atoms with van der Waals surface area (Å²) < 4.78 is 5.70. The number of nitrogens with one attached hydrogen (secondary N) is 1. The number of amides is 1. The highest BCUT2D eigenvalue weighted by atomic mass is 16.7. The second-order valence-electron chi connectivity index (χ2n) is 7.36. The van der Waals surface area contributed by atoms with Crippen molar-refractivity contribution in [2.75, 3.05) is 6.54 Å². The summed E-state index contributed by atoms with van der Waals surface area (Å²) in [4.78, 5) is 29.2. The van der Waals surface area contributed by atoms with E-state index in [0.717, 1.165) is 11.1 Å². The minimum Gasteiger partial charge on any atom is -0.480 e. The normalized spacial score (nSPS) is 20.6. The van der Waals surface area contributed by atoms with Crippen LogP contribution in [0.5, 0.6) is 0 Å². The maximum atomic E-state index is 11.7. The fourth-order valence-electron chi connectivity index (χ4n) is 3.39. The van der Waals surface area contributed by atoms with Crippen LogP contribution in [0.2, 0.25) is 0 Å². The van der Waals surface area contributed by atoms with Gasteiger partial charge in [0, 0.05) is 13.5 Å². The third kappa shape index (κ3) is 6.65. The number of rotatable bonds is 9. The Balaban J connectivity index is 1.79. The molecular weight excluding hydrogens is 398 g/mol. The van der Waals surface area contributed by atoms with Gasteiger partial charge in [-0.25, -0.2) is 4.79 Å². The smallest absolute Gasteiger partial charge is 0.370 e. The van der Waals surface area contributed by atoms with E-state index in [4.69, 9.17) is 15.3 Å². The van der Waals surface area contributed by atoms with E-state index in [2.05, 4.69) is 5.32 Å². The largest absolute Gasteiger partial charge is 0.480 e. The van der Waals surface area contributed by atoms with Crippen LogP contribution in [0.15, 0.2) is 72.5 Å². The molecule has 3 atom stereocenters. The molecule has 0 fully saturated rings. The Morgan fingerprint density at radius 2 is 1.71 bits per heavy atom. The molecule has 0 radical (unpaired) electrons. The zero-order valence-corrected chi connectivity index (χ0v) is 17.3. The van der Waals surface area contributed by atoms with Crippen LogP contribution in [0, 0.1) is 0 Å². The Labute approximate surface area is 181 Å². The van der Waals surface area contributed by atoms with Crippen LogP contribution < -0.4 is 11.1 Å². The Hall–Kier alpha value is -3.20. The minimum atomic E-state index is -1.21. The maximum absolute atomic E-state index is 11.7. The molecule has 8 heteroatoms. The van der Waals surface area contributed by atoms with Gasteiger partial charge in [-0.2, -0.15) is 5.06 Å². The number of hydroxylamine groups is 2. The van der Waals surface area contributed by atoms with Gasteiger partial charge in [0.2, 0.25) is 11.7 Å². The summed E-state index contributed by atoms with van der Waals surface area (Å²) in [5.41, 5.74) is 8.15. The first kappa shape index (κ1) is 22.5. The lowest BCUT2D eigenvalue weighted by atomic mass is 9.98. The molecule has 1 aliphatic heterocycles. The lowest BCUT2D eigenvalue weighted by Gasteiger charge is -2.37. The molecule has 164 valence electrons. The summed E-state index contributed by atoms with van der Waals surface area (Å²) in [6, 6.07) is 18.1. The number of hydrogen-bond donors (Lipinski definition) is 3. The SMILES string of the molecule is CC(=O)NC1C(CN(Cc2ccccc2)OCc2ccccc2)OC(C(=O)O)=C[C@H]1N. The molecule has 2 aromatic carbocycles. The molecule has 2 aromatic rings. The molecule has 0 saturated heterocycles. The van der Waals surface area contributed by atoms with Gasteiger partial charge in [-0.1, -0.05) is 60.7 Å². The number of nitrogens with two attached hydrogens (primary N) is 1. The van der Waals surface area contributed by atoms with Gasteiger partial charge in [-0.3, -0.25) is 9.63 Å². The predicted molar refractivity (Wildman–Crippen MR) is 114 cm³/mol. The van der Waals surface area contributed by atoms with Gasteiger partial charge in [0.1, 0.15) is 6.10 Å². The molecule has 2 unspecified atom stereocenters. The van der Waals surface area contributed by atoms with Gasteiger partial charge < -0.3 is 20.9 Å². The fraction of sp³-hybridized carbons (Fsp3) is 0.304. The highest BCUT2D eigenvalue weighted by molar-refractivity contribution is 5.84. The molecular formula is C23H27N3O5. The van der Waals surface area contributed by atoms with Crippen molar-refractivity contribution < 1.29 is 24.3 Å². The highest BCUT2D eigenvalue weighted by Gasteiger charge is 2.37. The van der Waals surface area contributed by atoms with Crippen LogP contribution in [-0.2, 0) is 32.3 Å². The molecule has 1 amide bonds. The summed E-state index contributed by atoms with van der Waals surface area (Å²) in [6.07, 6.45) is 0.598. The summed E-state index contributed by atoms with van der Waals surface area (Å²) in [7, 11) is 0. The van der Waals surface area contributed by atoms with Crippen LogP contribution in [0.1, 0.15) is 18.1 Å². The lowest BCUT2D eigenvalue weighted by Crippen LogP contribution is -2.59. The first-order valence-electron chi connectivity index (χ1n) is 10.0. The average Bonchev–Trinajstić information content (AvgIpc) is 2.75. The predicted octanol–water partition coefficient (Wildman–Crippen LogP) is 1.82. The van der Waals surface area contributed by atoms with Crippen molar-refractivity contribution in [3.05, 3.63) is 83.6 Å². The van der Waals surface area contributed by atoms with Gasteiger partial charge in [0.15, 0.2) is 0 Å². The standard InChI is InChI=1S/C23H27N3O5/c1-16(27)25-22-19(24)12-20(23(28)29)31-21(22)14-26(13-17-8-4-2-5-9-17)30-15-18-10-6-3-7-11-18/h2-12,19,21-22H,13-15,24H2,1H3,(H,25,27)(H,28,29)/t19-,21?,22?/m1/s1. The third-order valence-corrected chi connectivity index (χ3v) is 4.86. The van der Waals surface area contributed by atoms with Gasteiger partial charge in [0.05, 0.1) is 25.2 Å². The van der Waals surface area contributed by atoms with Crippen molar-refractivity contribution in [1.82, 2.24) is 10.4 Å². The van der Waals surface area contributed by atoms with E-state index in [1.807, 2.05) is 60.7 Å². The number of hydrogen-bond acceptors (Lipinski definition) is 6. The molecule has 0 aliphatic carbocycles. The van der Waals surface area contributed by atoms with E-state index >= 15 is 0 Å². The first-order valence-corrected chi connectivity index (χ1v) is 10.0. The van der Waals surface area contributed by atoms with Crippen molar-refractivity contribution in [3.63, 3.8) is 0 Å². The van der Waals surface area contributed by atoms with Crippen molar-refractivity contribution >= 4 is 11.9 Å². The minimum absolute atomic E-state index is 0.199. The Morgan fingerprint density at radius 1 is 1.10 bits per heavy atom. The van der Waals surface area contributed by atoms with E-state index < -0.39 is 24.2 Å². The molecule has 1 aliphatic rings. The molecule has 4 N–H and O–H groups in total. The van der Waals surface area contributed by atoms with Crippen molar-refractivity contribution in [2.24, 2.45) is 5.73 Å². The number of carboxylic acids is 1. The molecule has 0 saturated carbocycles. The van der Waals surface area contributed by atoms with Crippen LogP contribution in [-0.4, -0.2) is 46.8 Å². The molecule has 3 rings (SSSR count). The summed E-state index contributed by atoms with van der Waals surface area (Å²) in [5, 5.41) is 13.9. The molecule has 8 nitrogen and oxygen atoms in total. The van der Waals surface area contributed by atoms with Crippen molar-refractivity contribution in [2.45, 2.75) is 38.3 Å². The third-order valence-electron chi connectivity index (χ3n) is 4.86. The topological polar surface area (TPSA) is 114 Å². The van der Waals surface area contributed by atoms with E-state index in [0.29, 0.717) is 13.2 Å². The number of ether oxygens (including phenoxy) is 1. The molecule has 1 heterocycles. The van der Waals surface area contributed by atoms with Crippen LogP contribution in [0.25, 0.3) is 0 Å². The van der Waals surface area contributed by atoms with E-state index in [9.17, 15) is 14.7 Å². The highest BCUT2D eigenvalue weighted by Crippen LogP contribution is 2.20. The Morgan fingerprint density at radius 3 is 2.29 bits per heavy atom. The van der Waals surface area contributed by atoms with Crippen LogP contribution >= 0.6 is 0 Å². The zero-order chi connectivity index (χ0) is 22.2. The number of aliphatic carboxylic acids is 1. The summed E-state index contributed by atoms with van der Waals surface area (Å²) >= 11 is 0. The summed E-state index contributed by atoms with van der Waals surface area (Å²) in [5.74, 6) is -1.72. The number of nitrogens with zero attached hydrogens (tertiary/aromatic N) is 1. The Bertz CT molecular complexity index is 904. The fourth-order valence-corrected chi connectivity index (χ4v) is 3.39. The van der Waals surface area contributed by atoms with Crippen LogP contribution in [0.3, 0.4) is 0 Å². The van der Waals surface area contributed by atoms with Gasteiger partial charge in [-0.05, 0) is 17.2 Å². The monoisotopic (exact) mass is 425 g/mol. The van der Waals surface area contributed by atoms with Crippen molar-refractivity contribution in [3.8, 4) is 0 Å². The maximum Gasteiger partial charge on any atom is 0.370 e. The van der Waals surface area contributed by atoms with Gasteiger partial charge in [-0.15, -0.1) is 0 Å². The Kier molecular flexibility index (Phi) is 7.77. The number of carbonyl (C=O) groups excluding carboxylic acids is 1. The van der Waals surface area contributed by atoms with Gasteiger partial charge >= 0.3 is 5.97 Å². The second kappa shape index (κ2) is 10.7. The lowest BCUT2D eigenvalue weighted by molar-refractivity contribution is -0.196. The van der Waals surface area contributed by atoms with Crippen molar-refractivity contribution in [1.29, 1.82) is 0 Å². The molecule has 0 spiro atoms. The summed E-state index contributed by atoms with van der Waals surface area (Å²) in [6.45, 7) is 2.36. The van der Waals surface area contributed by atoms with Gasteiger partial charge in [0.25, 0.3) is 0 Å². The van der Waals surface area contributed by atoms with E-state index in [1.165, 1.54) is 13.0 Å². The molecule has 31 heavy (non-hydrogen) atoms. The van der Waals surface area contributed by atoms with Crippen LogP contribution in [0.4, 0.5) is 0 Å². The first-order chi connectivity index (χ1) is 14.9. The number of carboxylic acid groups (broad SMARTS) is 1. The van der Waals surface area contributed by atoms with E-state index in [1.54, 1.807) is 5.06 Å². The molecule has 0 aromatic heterocycles. The molecule has 0 bridgehead atoms. The number of benzene rings is 2. The quantitative estimate of drug-likeness (QED) is 0.525. The average molecular weight is 425 g/mol. The zero-order valence-electron chi connectivity index (χ0n) is 17.3. The van der Waals surface area contributed by atoms with E-state index in [-0.39, 0.29) is 18.2 Å². The number of carbonyl (C=O) groups is 2. The second-order valence-corrected chi connectivity index (χ2v) is 7.36.